The molecule has 8 heteroatoms. The molecule has 5 rings (SSSR count). The van der Waals surface area contributed by atoms with Crippen molar-refractivity contribution in [3.63, 3.8) is 0 Å². The van der Waals surface area contributed by atoms with Crippen LogP contribution in [0.1, 0.15) is 37.5 Å². The Kier molecular flexibility index (Phi) is 5.54. The molecule has 1 aliphatic rings. The smallest absolute Gasteiger partial charge is 0.261 e. The van der Waals surface area contributed by atoms with E-state index in [0.29, 0.717) is 28.0 Å². The highest BCUT2D eigenvalue weighted by atomic mass is 35.5. The zero-order valence-electron chi connectivity index (χ0n) is 17.2. The first-order valence-electron chi connectivity index (χ1n) is 10.4. The zero-order chi connectivity index (χ0) is 21.4. The van der Waals surface area contributed by atoms with Gasteiger partial charge in [-0.3, -0.25) is 13.9 Å². The van der Waals surface area contributed by atoms with E-state index in [0.717, 1.165) is 34.9 Å². The Morgan fingerprint density at radius 2 is 1.81 bits per heavy atom. The monoisotopic (exact) mass is 451 g/mol. The molecule has 6 nitrogen and oxygen atoms in total. The number of para-hydroxylation sites is 1. The molecule has 4 aromatic rings. The quantitative estimate of drug-likeness (QED) is 0.387. The standard InChI is InChI=1S/C23H22ClN5OS/c1-28-20(25-19-13-7-5-11-17(19)22(28)30)14-31-23-27-26-21(16-10-4-6-12-18(16)24)29(23)15-8-2-3-9-15/h4-7,10-13,15H,2-3,8-9,14H2,1H3. The van der Waals surface area contributed by atoms with Crippen molar-refractivity contribution in [2.24, 2.45) is 7.05 Å². The molecule has 0 saturated heterocycles. The minimum absolute atomic E-state index is 0.0322. The lowest BCUT2D eigenvalue weighted by Gasteiger charge is -2.17. The Morgan fingerprint density at radius 1 is 1.06 bits per heavy atom. The summed E-state index contributed by atoms with van der Waals surface area (Å²) in [6.07, 6.45) is 4.62. The van der Waals surface area contributed by atoms with Crippen LogP contribution in [0.25, 0.3) is 22.3 Å². The molecule has 0 amide bonds. The van der Waals surface area contributed by atoms with Crippen LogP contribution in [-0.2, 0) is 12.8 Å². The van der Waals surface area contributed by atoms with Crippen LogP contribution in [0.15, 0.2) is 58.5 Å². The van der Waals surface area contributed by atoms with Crippen LogP contribution in [0.4, 0.5) is 0 Å². The molecule has 1 fully saturated rings. The van der Waals surface area contributed by atoms with Crippen molar-refractivity contribution in [3.8, 4) is 11.4 Å². The second-order valence-corrected chi connectivity index (χ2v) is 9.14. The van der Waals surface area contributed by atoms with Crippen molar-refractivity contribution in [3.05, 3.63) is 69.7 Å². The van der Waals surface area contributed by atoms with Crippen molar-refractivity contribution in [2.45, 2.75) is 42.6 Å². The molecule has 0 atom stereocenters. The van der Waals surface area contributed by atoms with Crippen LogP contribution in [0, 0.1) is 0 Å². The van der Waals surface area contributed by atoms with E-state index in [1.54, 1.807) is 23.4 Å². The van der Waals surface area contributed by atoms with Gasteiger partial charge in [0.1, 0.15) is 5.82 Å². The fraction of sp³-hybridized carbons (Fsp3) is 0.304. The van der Waals surface area contributed by atoms with Crippen LogP contribution in [-0.4, -0.2) is 24.3 Å². The molecule has 1 aliphatic carbocycles. The highest BCUT2D eigenvalue weighted by Crippen LogP contribution is 2.38. The zero-order valence-corrected chi connectivity index (χ0v) is 18.7. The number of rotatable bonds is 5. The second kappa shape index (κ2) is 8.48. The number of halogens is 1. The Balaban J connectivity index is 1.52. The Hall–Kier alpha value is -2.64. The summed E-state index contributed by atoms with van der Waals surface area (Å²) >= 11 is 8.04. The summed E-state index contributed by atoms with van der Waals surface area (Å²) in [7, 11) is 1.77. The van der Waals surface area contributed by atoms with E-state index in [1.807, 2.05) is 48.5 Å². The van der Waals surface area contributed by atoms with Gasteiger partial charge in [-0.1, -0.05) is 60.5 Å². The predicted molar refractivity (Wildman–Crippen MR) is 125 cm³/mol. The number of fused-ring (bicyclic) bond motifs is 1. The van der Waals surface area contributed by atoms with Crippen LogP contribution < -0.4 is 5.56 Å². The number of hydrogen-bond acceptors (Lipinski definition) is 5. The molecule has 0 unspecified atom stereocenters. The van der Waals surface area contributed by atoms with Crippen LogP contribution >= 0.6 is 23.4 Å². The van der Waals surface area contributed by atoms with Crippen LogP contribution in [0.5, 0.6) is 0 Å². The van der Waals surface area contributed by atoms with E-state index >= 15 is 0 Å². The highest BCUT2D eigenvalue weighted by molar-refractivity contribution is 7.98. The molecular formula is C23H22ClN5OS. The first kappa shape index (κ1) is 20.3. The summed E-state index contributed by atoms with van der Waals surface area (Å²) in [6.45, 7) is 0. The normalized spacial score (nSPS) is 14.5. The van der Waals surface area contributed by atoms with Crippen molar-refractivity contribution >= 4 is 34.3 Å². The van der Waals surface area contributed by atoms with E-state index < -0.39 is 0 Å². The molecule has 1 saturated carbocycles. The molecule has 2 aromatic carbocycles. The van der Waals surface area contributed by atoms with Gasteiger partial charge in [0.25, 0.3) is 5.56 Å². The van der Waals surface area contributed by atoms with Gasteiger partial charge in [0.05, 0.1) is 21.7 Å². The van der Waals surface area contributed by atoms with Gasteiger partial charge >= 0.3 is 0 Å². The lowest BCUT2D eigenvalue weighted by molar-refractivity contribution is 0.485. The fourth-order valence-corrected chi connectivity index (χ4v) is 5.43. The number of nitrogens with zero attached hydrogens (tertiary/aromatic N) is 5. The summed E-state index contributed by atoms with van der Waals surface area (Å²) in [5.74, 6) is 2.05. The molecular weight excluding hydrogens is 430 g/mol. The maximum Gasteiger partial charge on any atom is 0.261 e. The molecule has 2 aromatic heterocycles. The van der Waals surface area contributed by atoms with Crippen molar-refractivity contribution in [1.82, 2.24) is 24.3 Å². The summed E-state index contributed by atoms with van der Waals surface area (Å²) in [6, 6.07) is 15.6. The number of benzene rings is 2. The molecule has 0 bridgehead atoms. The average molecular weight is 452 g/mol. The summed E-state index contributed by atoms with van der Waals surface area (Å²) < 4.78 is 3.86. The van der Waals surface area contributed by atoms with Gasteiger partial charge in [-0.25, -0.2) is 4.98 Å². The van der Waals surface area contributed by atoms with Gasteiger partial charge < -0.3 is 0 Å². The van der Waals surface area contributed by atoms with E-state index in [2.05, 4.69) is 14.8 Å². The van der Waals surface area contributed by atoms with Crippen LogP contribution in [0.3, 0.4) is 0 Å². The topological polar surface area (TPSA) is 65.6 Å². The molecule has 0 spiro atoms. The number of hydrogen-bond donors (Lipinski definition) is 0. The first-order chi connectivity index (χ1) is 15.1. The van der Waals surface area contributed by atoms with E-state index in [4.69, 9.17) is 16.6 Å². The van der Waals surface area contributed by atoms with Gasteiger partial charge in [-0.2, -0.15) is 0 Å². The van der Waals surface area contributed by atoms with Gasteiger partial charge in [0.15, 0.2) is 11.0 Å². The van der Waals surface area contributed by atoms with E-state index in [9.17, 15) is 4.79 Å². The minimum atomic E-state index is -0.0322. The van der Waals surface area contributed by atoms with Gasteiger partial charge in [-0.05, 0) is 37.1 Å². The maximum absolute atomic E-state index is 12.7. The van der Waals surface area contributed by atoms with Gasteiger partial charge in [-0.15, -0.1) is 10.2 Å². The summed E-state index contributed by atoms with van der Waals surface area (Å²) in [5.41, 5.74) is 1.58. The summed E-state index contributed by atoms with van der Waals surface area (Å²) in [4.78, 5) is 17.4. The van der Waals surface area contributed by atoms with Gasteiger partial charge in [0, 0.05) is 18.7 Å². The Morgan fingerprint density at radius 3 is 2.61 bits per heavy atom. The molecule has 0 N–H and O–H groups in total. The maximum atomic E-state index is 12.7. The molecule has 0 aliphatic heterocycles. The van der Waals surface area contributed by atoms with Crippen LogP contribution in [0.2, 0.25) is 5.02 Å². The predicted octanol–water partition coefficient (Wildman–Crippen LogP) is 5.25. The Labute approximate surface area is 189 Å². The molecule has 0 radical (unpaired) electrons. The molecule has 2 heterocycles. The SMILES string of the molecule is Cn1c(CSc2nnc(-c3ccccc3Cl)n2C2CCCC2)nc2ccccc2c1=O. The van der Waals surface area contributed by atoms with E-state index in [-0.39, 0.29) is 5.56 Å². The third kappa shape index (κ3) is 3.77. The second-order valence-electron chi connectivity index (χ2n) is 7.79. The largest absolute Gasteiger partial charge is 0.299 e. The highest BCUT2D eigenvalue weighted by Gasteiger charge is 2.26. The third-order valence-electron chi connectivity index (χ3n) is 5.88. The first-order valence-corrected chi connectivity index (χ1v) is 11.8. The number of aromatic nitrogens is 5. The lowest BCUT2D eigenvalue weighted by Crippen LogP contribution is -2.22. The average Bonchev–Trinajstić information content (AvgIpc) is 3.45. The molecule has 31 heavy (non-hydrogen) atoms. The van der Waals surface area contributed by atoms with E-state index in [1.165, 1.54) is 12.8 Å². The summed E-state index contributed by atoms with van der Waals surface area (Å²) in [5, 5.41) is 11.2. The number of thioether (sulfide) groups is 1. The van der Waals surface area contributed by atoms with Crippen molar-refractivity contribution < 1.29 is 0 Å². The van der Waals surface area contributed by atoms with Crippen molar-refractivity contribution in [2.75, 3.05) is 0 Å². The van der Waals surface area contributed by atoms with Gasteiger partial charge in [0.2, 0.25) is 0 Å². The minimum Gasteiger partial charge on any atom is -0.299 e. The molecule has 158 valence electrons. The lowest BCUT2D eigenvalue weighted by atomic mass is 10.2. The third-order valence-corrected chi connectivity index (χ3v) is 7.14. The fourth-order valence-electron chi connectivity index (χ4n) is 4.22. The van der Waals surface area contributed by atoms with Crippen molar-refractivity contribution in [1.29, 1.82) is 0 Å². The Bertz CT molecular complexity index is 1310.